The summed E-state index contributed by atoms with van der Waals surface area (Å²) in [6.45, 7) is 0.597. The predicted octanol–water partition coefficient (Wildman–Crippen LogP) is 2.98. The van der Waals surface area contributed by atoms with Crippen LogP contribution in [0, 0.1) is 0 Å². The van der Waals surface area contributed by atoms with Crippen molar-refractivity contribution in [3.8, 4) is 5.75 Å². The van der Waals surface area contributed by atoms with Crippen LogP contribution in [0.5, 0.6) is 5.75 Å². The lowest BCUT2D eigenvalue weighted by Gasteiger charge is -2.07. The summed E-state index contributed by atoms with van der Waals surface area (Å²) in [5.74, 6) is 0.826. The Morgan fingerprint density at radius 2 is 2.06 bits per heavy atom. The van der Waals surface area contributed by atoms with E-state index in [1.165, 1.54) is 4.88 Å². The number of thiophene rings is 1. The van der Waals surface area contributed by atoms with Crippen LogP contribution in [0.1, 0.15) is 4.88 Å². The van der Waals surface area contributed by atoms with Gasteiger partial charge in [0.2, 0.25) is 0 Å². The van der Waals surface area contributed by atoms with Gasteiger partial charge in [-0.05, 0) is 47.9 Å². The molecule has 0 radical (unpaired) electrons. The Hall–Kier alpha value is -1.59. The predicted molar refractivity (Wildman–Crippen MR) is 75.5 cm³/mol. The van der Waals surface area contributed by atoms with E-state index in [0.717, 1.165) is 11.4 Å². The van der Waals surface area contributed by atoms with E-state index in [1.807, 2.05) is 41.8 Å². The Morgan fingerprint density at radius 1 is 1.29 bits per heavy atom. The first-order valence-corrected chi connectivity index (χ1v) is 6.34. The number of benzene rings is 1. The molecule has 1 aromatic heterocycles. The maximum atomic E-state index is 5.63. The van der Waals surface area contributed by atoms with Crippen LogP contribution in [-0.2, 0) is 6.61 Å². The summed E-state index contributed by atoms with van der Waals surface area (Å²) < 4.78 is 5.63. The molecule has 1 aromatic carbocycles. The maximum absolute atomic E-state index is 5.63. The van der Waals surface area contributed by atoms with Crippen LogP contribution in [-0.4, -0.2) is 5.11 Å². The van der Waals surface area contributed by atoms with Gasteiger partial charge in [0, 0.05) is 10.6 Å². The summed E-state index contributed by atoms with van der Waals surface area (Å²) in [7, 11) is 0. The molecular weight excluding hydrogens is 252 g/mol. The molecule has 17 heavy (non-hydrogen) atoms. The quantitative estimate of drug-likeness (QED) is 0.833. The molecule has 0 fully saturated rings. The first-order valence-electron chi connectivity index (χ1n) is 5.06. The first kappa shape index (κ1) is 11.9. The summed E-state index contributed by atoms with van der Waals surface area (Å²) >= 11 is 6.44. The molecular formula is C12H12N2OS2. The SMILES string of the molecule is NC(=S)Nc1ccc(OCc2cccs2)cc1. The molecule has 5 heteroatoms. The Morgan fingerprint density at radius 3 is 2.65 bits per heavy atom. The minimum Gasteiger partial charge on any atom is -0.488 e. The highest BCUT2D eigenvalue weighted by molar-refractivity contribution is 7.80. The van der Waals surface area contributed by atoms with Crippen LogP contribution >= 0.6 is 23.6 Å². The summed E-state index contributed by atoms with van der Waals surface area (Å²) in [5.41, 5.74) is 6.24. The van der Waals surface area contributed by atoms with Crippen molar-refractivity contribution in [3.05, 3.63) is 46.7 Å². The van der Waals surface area contributed by atoms with Crippen LogP contribution < -0.4 is 15.8 Å². The third-order valence-electron chi connectivity index (χ3n) is 2.08. The molecule has 2 aromatic rings. The van der Waals surface area contributed by atoms with Crippen LogP contribution in [0.15, 0.2) is 41.8 Å². The van der Waals surface area contributed by atoms with Crippen molar-refractivity contribution in [1.29, 1.82) is 0 Å². The van der Waals surface area contributed by atoms with Gasteiger partial charge in [0.05, 0.1) is 0 Å². The van der Waals surface area contributed by atoms with Gasteiger partial charge in [0.25, 0.3) is 0 Å². The Kier molecular flexibility index (Phi) is 3.95. The molecule has 3 N–H and O–H groups in total. The first-order chi connectivity index (χ1) is 8.24. The van der Waals surface area contributed by atoms with Gasteiger partial charge in [0.15, 0.2) is 5.11 Å². The van der Waals surface area contributed by atoms with E-state index in [4.69, 9.17) is 22.7 Å². The lowest BCUT2D eigenvalue weighted by atomic mass is 10.3. The van der Waals surface area contributed by atoms with E-state index in [-0.39, 0.29) is 5.11 Å². The normalized spacial score (nSPS) is 9.88. The molecule has 0 saturated carbocycles. The zero-order chi connectivity index (χ0) is 12.1. The molecule has 0 spiro atoms. The fraction of sp³-hybridized carbons (Fsp3) is 0.0833. The minimum absolute atomic E-state index is 0.261. The third kappa shape index (κ3) is 3.72. The lowest BCUT2D eigenvalue weighted by Crippen LogP contribution is -2.18. The highest BCUT2D eigenvalue weighted by Crippen LogP contribution is 2.18. The van der Waals surface area contributed by atoms with Crippen LogP contribution in [0.3, 0.4) is 0 Å². The number of ether oxygens (including phenoxy) is 1. The standard InChI is InChI=1S/C12H12N2OS2/c13-12(16)14-9-3-5-10(6-4-9)15-8-11-2-1-7-17-11/h1-7H,8H2,(H3,13,14,16). The Bertz CT molecular complexity index is 480. The topological polar surface area (TPSA) is 47.3 Å². The summed E-state index contributed by atoms with van der Waals surface area (Å²) in [4.78, 5) is 1.20. The smallest absolute Gasteiger partial charge is 0.168 e. The van der Waals surface area contributed by atoms with Crippen molar-refractivity contribution >= 4 is 34.4 Å². The minimum atomic E-state index is 0.261. The average molecular weight is 264 g/mol. The Labute approximate surface area is 109 Å². The van der Waals surface area contributed by atoms with Crippen LogP contribution in [0.4, 0.5) is 5.69 Å². The fourth-order valence-electron chi connectivity index (χ4n) is 1.33. The number of nitrogens with one attached hydrogen (secondary N) is 1. The molecule has 88 valence electrons. The third-order valence-corrected chi connectivity index (χ3v) is 3.04. The second-order valence-corrected chi connectivity index (χ2v) is 4.85. The van der Waals surface area contributed by atoms with Crippen molar-refractivity contribution in [2.45, 2.75) is 6.61 Å². The summed E-state index contributed by atoms with van der Waals surface area (Å²) in [6, 6.07) is 11.6. The van der Waals surface area contributed by atoms with E-state index in [9.17, 15) is 0 Å². The molecule has 2 rings (SSSR count). The van der Waals surface area contributed by atoms with E-state index in [2.05, 4.69) is 5.32 Å². The van der Waals surface area contributed by atoms with Gasteiger partial charge in [-0.15, -0.1) is 11.3 Å². The van der Waals surface area contributed by atoms with Crippen molar-refractivity contribution in [2.24, 2.45) is 5.73 Å². The molecule has 0 aliphatic rings. The highest BCUT2D eigenvalue weighted by Gasteiger charge is 1.98. The number of rotatable bonds is 4. The zero-order valence-electron chi connectivity index (χ0n) is 9.05. The molecule has 0 amide bonds. The Balaban J connectivity index is 1.91. The highest BCUT2D eigenvalue weighted by atomic mass is 32.1. The molecule has 0 atom stereocenters. The molecule has 0 saturated heterocycles. The van der Waals surface area contributed by atoms with E-state index in [1.54, 1.807) is 11.3 Å². The zero-order valence-corrected chi connectivity index (χ0v) is 10.7. The van der Waals surface area contributed by atoms with Crippen molar-refractivity contribution in [1.82, 2.24) is 0 Å². The molecule has 0 aliphatic carbocycles. The lowest BCUT2D eigenvalue weighted by molar-refractivity contribution is 0.310. The number of hydrogen-bond acceptors (Lipinski definition) is 3. The van der Waals surface area contributed by atoms with Gasteiger partial charge in [-0.1, -0.05) is 6.07 Å². The monoisotopic (exact) mass is 264 g/mol. The summed E-state index contributed by atoms with van der Waals surface area (Å²) in [5, 5.41) is 5.15. The summed E-state index contributed by atoms with van der Waals surface area (Å²) in [6.07, 6.45) is 0. The second-order valence-electron chi connectivity index (χ2n) is 3.38. The molecule has 3 nitrogen and oxygen atoms in total. The van der Waals surface area contributed by atoms with E-state index in [0.29, 0.717) is 6.61 Å². The molecule has 1 heterocycles. The van der Waals surface area contributed by atoms with Gasteiger partial charge in [-0.2, -0.15) is 0 Å². The van der Waals surface area contributed by atoms with E-state index < -0.39 is 0 Å². The number of thiocarbonyl (C=S) groups is 1. The van der Waals surface area contributed by atoms with Gasteiger partial charge >= 0.3 is 0 Å². The van der Waals surface area contributed by atoms with Gasteiger partial charge in [-0.3, -0.25) is 0 Å². The van der Waals surface area contributed by atoms with Crippen molar-refractivity contribution in [2.75, 3.05) is 5.32 Å². The molecule has 0 bridgehead atoms. The van der Waals surface area contributed by atoms with Gasteiger partial charge in [-0.25, -0.2) is 0 Å². The van der Waals surface area contributed by atoms with Crippen LogP contribution in [0.25, 0.3) is 0 Å². The molecule has 0 aliphatic heterocycles. The average Bonchev–Trinajstić information content (AvgIpc) is 2.80. The van der Waals surface area contributed by atoms with Gasteiger partial charge in [0.1, 0.15) is 12.4 Å². The van der Waals surface area contributed by atoms with Crippen molar-refractivity contribution in [3.63, 3.8) is 0 Å². The number of nitrogens with two attached hydrogens (primary N) is 1. The maximum Gasteiger partial charge on any atom is 0.168 e. The van der Waals surface area contributed by atoms with Crippen LogP contribution in [0.2, 0.25) is 0 Å². The van der Waals surface area contributed by atoms with Gasteiger partial charge < -0.3 is 15.8 Å². The second kappa shape index (κ2) is 5.65. The fourth-order valence-corrected chi connectivity index (χ4v) is 2.06. The number of anilines is 1. The largest absolute Gasteiger partial charge is 0.488 e. The molecule has 0 unspecified atom stereocenters. The van der Waals surface area contributed by atoms with E-state index >= 15 is 0 Å². The van der Waals surface area contributed by atoms with Crippen molar-refractivity contribution < 1.29 is 4.74 Å². The number of hydrogen-bond donors (Lipinski definition) is 2.